The Labute approximate surface area is 240 Å². The molecule has 0 aliphatic carbocycles. The van der Waals surface area contributed by atoms with Crippen molar-refractivity contribution < 1.29 is 33.0 Å². The van der Waals surface area contributed by atoms with Crippen LogP contribution in [0, 0.1) is 29.9 Å². The maximum atomic E-state index is 15.9. The fraction of sp³-hybridized carbons (Fsp3) is 0.333. The van der Waals surface area contributed by atoms with E-state index < -0.39 is 35.5 Å². The number of aryl methyl sites for hydroxylation is 1. The molecule has 0 saturated carbocycles. The number of benzene rings is 1. The van der Waals surface area contributed by atoms with Crippen LogP contribution in [0.1, 0.15) is 37.7 Å². The highest BCUT2D eigenvalue weighted by Gasteiger charge is 2.30. The number of hydrogen-bond acceptors (Lipinski definition) is 6. The molecule has 12 heteroatoms. The summed E-state index contributed by atoms with van der Waals surface area (Å²) >= 11 is 0. The van der Waals surface area contributed by atoms with Crippen LogP contribution in [0.3, 0.4) is 0 Å². The summed E-state index contributed by atoms with van der Waals surface area (Å²) in [5, 5.41) is 19.0. The number of fused-ring (bicyclic) bond motifs is 1. The van der Waals surface area contributed by atoms with Gasteiger partial charge >= 0.3 is 12.2 Å². The fourth-order valence-corrected chi connectivity index (χ4v) is 5.03. The number of carbonyl (C=O) groups is 2. The maximum absolute atomic E-state index is 15.9. The van der Waals surface area contributed by atoms with Crippen molar-refractivity contribution in [3.8, 4) is 28.6 Å². The monoisotopic (exact) mass is 577 g/mol. The van der Waals surface area contributed by atoms with Gasteiger partial charge in [-0.1, -0.05) is 0 Å². The number of rotatable bonds is 4. The van der Waals surface area contributed by atoms with E-state index in [9.17, 15) is 20.0 Å². The van der Waals surface area contributed by atoms with Crippen LogP contribution in [0.15, 0.2) is 42.6 Å². The van der Waals surface area contributed by atoms with Gasteiger partial charge in [0.25, 0.3) is 0 Å². The quantitative estimate of drug-likeness (QED) is 0.333. The number of nitriles is 1. The molecular weight excluding hydrogens is 548 g/mol. The summed E-state index contributed by atoms with van der Waals surface area (Å²) in [6.07, 6.45) is -0.584. The third kappa shape index (κ3) is 5.56. The van der Waals surface area contributed by atoms with E-state index in [1.165, 1.54) is 17.0 Å². The van der Waals surface area contributed by atoms with Crippen molar-refractivity contribution in [3.63, 3.8) is 0 Å². The number of carboxylic acid groups (broad SMARTS) is 1. The molecule has 4 heterocycles. The number of pyridine rings is 1. The van der Waals surface area contributed by atoms with E-state index >= 15 is 8.78 Å². The van der Waals surface area contributed by atoms with E-state index in [0.717, 1.165) is 22.3 Å². The summed E-state index contributed by atoms with van der Waals surface area (Å²) < 4.78 is 45.7. The molecule has 0 radical (unpaired) electrons. The molecule has 1 aliphatic heterocycles. The molecular formula is C30H29F2N5O5. The first-order valence-corrected chi connectivity index (χ1v) is 13.3. The van der Waals surface area contributed by atoms with Gasteiger partial charge in [0.1, 0.15) is 34.6 Å². The number of halogens is 2. The van der Waals surface area contributed by atoms with Crippen LogP contribution in [0.4, 0.5) is 18.4 Å². The van der Waals surface area contributed by atoms with Crippen molar-refractivity contribution in [1.82, 2.24) is 18.9 Å². The Morgan fingerprint density at radius 1 is 1.19 bits per heavy atom. The predicted molar refractivity (Wildman–Crippen MR) is 148 cm³/mol. The number of aromatic nitrogens is 3. The standard InChI is InChI=1S/C30H29F2N5O5/c1-17-7-8-36-24(14-20-16-35(28(38)39)9-10-41-20)27(34-25(36)11-17)26-21(31)12-18(13-22(26)32)23-6-5-19(15-33)37(23)29(40)42-30(2,3)4/h5-8,11-13,20H,9-10,14,16H2,1-4H3,(H,38,39)/t20-/m0/s1. The molecule has 10 nitrogen and oxygen atoms in total. The molecule has 1 aromatic carbocycles. The molecule has 1 atom stereocenters. The molecule has 42 heavy (non-hydrogen) atoms. The van der Waals surface area contributed by atoms with Crippen LogP contribution < -0.4 is 0 Å². The van der Waals surface area contributed by atoms with Crippen molar-refractivity contribution in [2.75, 3.05) is 19.7 Å². The molecule has 218 valence electrons. The lowest BCUT2D eigenvalue weighted by Gasteiger charge is -2.31. The predicted octanol–water partition coefficient (Wildman–Crippen LogP) is 5.63. The SMILES string of the molecule is Cc1ccn2c(C[C@H]3CN(C(=O)O)CCO3)c(-c3c(F)cc(-c4ccc(C#N)n4C(=O)OC(C)(C)C)cc3F)nc2c1. The minimum absolute atomic E-state index is 0.0231. The third-order valence-corrected chi connectivity index (χ3v) is 6.86. The van der Waals surface area contributed by atoms with Crippen LogP contribution in [0.5, 0.6) is 0 Å². The molecule has 0 bridgehead atoms. The first-order chi connectivity index (χ1) is 19.9. The van der Waals surface area contributed by atoms with Crippen LogP contribution in [-0.2, 0) is 15.9 Å². The Balaban J connectivity index is 1.60. The fourth-order valence-electron chi connectivity index (χ4n) is 5.03. The van der Waals surface area contributed by atoms with Gasteiger partial charge in [-0.3, -0.25) is 0 Å². The van der Waals surface area contributed by atoms with E-state index in [0.29, 0.717) is 11.3 Å². The molecule has 1 saturated heterocycles. The number of nitrogens with zero attached hydrogens (tertiary/aromatic N) is 5. The highest BCUT2D eigenvalue weighted by atomic mass is 19.1. The molecule has 1 aliphatic rings. The van der Waals surface area contributed by atoms with Gasteiger partial charge in [0.05, 0.1) is 41.9 Å². The number of amides is 1. The molecule has 1 fully saturated rings. The minimum atomic E-state index is -1.07. The zero-order valence-corrected chi connectivity index (χ0v) is 23.5. The van der Waals surface area contributed by atoms with Gasteiger partial charge in [-0.25, -0.2) is 27.9 Å². The van der Waals surface area contributed by atoms with Crippen molar-refractivity contribution >= 4 is 17.8 Å². The first-order valence-electron chi connectivity index (χ1n) is 13.3. The highest BCUT2D eigenvalue weighted by molar-refractivity contribution is 5.82. The second kappa shape index (κ2) is 10.9. The molecule has 3 aromatic heterocycles. The zero-order valence-electron chi connectivity index (χ0n) is 23.5. The van der Waals surface area contributed by atoms with E-state index in [2.05, 4.69) is 4.98 Å². The summed E-state index contributed by atoms with van der Waals surface area (Å²) in [5.74, 6) is -1.86. The lowest BCUT2D eigenvalue weighted by Crippen LogP contribution is -2.45. The minimum Gasteiger partial charge on any atom is -0.465 e. The Kier molecular flexibility index (Phi) is 7.47. The highest BCUT2D eigenvalue weighted by Crippen LogP contribution is 2.35. The van der Waals surface area contributed by atoms with Crippen LogP contribution in [0.25, 0.3) is 28.2 Å². The third-order valence-electron chi connectivity index (χ3n) is 6.86. The normalized spacial score (nSPS) is 15.5. The Bertz CT molecular complexity index is 1720. The summed E-state index contributed by atoms with van der Waals surface area (Å²) in [5.41, 5.74) is 0.676. The Hall–Kier alpha value is -4.76. The van der Waals surface area contributed by atoms with E-state index in [1.54, 1.807) is 37.4 Å². The summed E-state index contributed by atoms with van der Waals surface area (Å²) in [7, 11) is 0. The second-order valence-corrected chi connectivity index (χ2v) is 11.1. The van der Waals surface area contributed by atoms with Crippen LogP contribution >= 0.6 is 0 Å². The number of morpholine rings is 1. The molecule has 0 spiro atoms. The van der Waals surface area contributed by atoms with Crippen molar-refractivity contribution in [2.45, 2.75) is 45.8 Å². The number of imidazole rings is 1. The number of hydrogen-bond donors (Lipinski definition) is 1. The average Bonchev–Trinajstić information content (AvgIpc) is 3.49. The van der Waals surface area contributed by atoms with E-state index in [1.807, 2.05) is 19.1 Å². The van der Waals surface area contributed by atoms with Gasteiger partial charge in [0.15, 0.2) is 0 Å². The first kappa shape index (κ1) is 28.8. The van der Waals surface area contributed by atoms with Crippen LogP contribution in [0.2, 0.25) is 0 Å². The van der Waals surface area contributed by atoms with Gasteiger partial charge in [-0.05, 0) is 69.7 Å². The van der Waals surface area contributed by atoms with Crippen molar-refractivity contribution in [1.29, 1.82) is 5.26 Å². The molecule has 1 amide bonds. The van der Waals surface area contributed by atoms with Gasteiger partial charge < -0.3 is 23.9 Å². The summed E-state index contributed by atoms with van der Waals surface area (Å²) in [6.45, 7) is 7.39. The number of carbonyl (C=O) groups excluding carboxylic acids is 1. The summed E-state index contributed by atoms with van der Waals surface area (Å²) in [6, 6.07) is 10.5. The second-order valence-electron chi connectivity index (χ2n) is 11.1. The molecule has 5 rings (SSSR count). The molecule has 4 aromatic rings. The van der Waals surface area contributed by atoms with Crippen molar-refractivity contribution in [2.24, 2.45) is 0 Å². The number of ether oxygens (including phenoxy) is 2. The summed E-state index contributed by atoms with van der Waals surface area (Å²) in [4.78, 5) is 30.3. The largest absolute Gasteiger partial charge is 0.465 e. The maximum Gasteiger partial charge on any atom is 0.420 e. The molecule has 0 unspecified atom stereocenters. The lowest BCUT2D eigenvalue weighted by atomic mass is 10.0. The van der Waals surface area contributed by atoms with E-state index in [-0.39, 0.29) is 54.3 Å². The van der Waals surface area contributed by atoms with E-state index in [4.69, 9.17) is 9.47 Å². The zero-order chi connectivity index (χ0) is 30.3. The van der Waals surface area contributed by atoms with Crippen LogP contribution in [-0.4, -0.2) is 67.5 Å². The molecule has 1 N–H and O–H groups in total. The smallest absolute Gasteiger partial charge is 0.420 e. The van der Waals surface area contributed by atoms with Gasteiger partial charge in [-0.2, -0.15) is 5.26 Å². The Morgan fingerprint density at radius 3 is 2.55 bits per heavy atom. The lowest BCUT2D eigenvalue weighted by molar-refractivity contribution is -0.0214. The van der Waals surface area contributed by atoms with Gasteiger partial charge in [0.2, 0.25) is 0 Å². The Morgan fingerprint density at radius 2 is 1.90 bits per heavy atom. The van der Waals surface area contributed by atoms with Gasteiger partial charge in [0, 0.05) is 24.7 Å². The van der Waals surface area contributed by atoms with Crippen molar-refractivity contribution in [3.05, 3.63) is 71.2 Å². The average molecular weight is 578 g/mol. The van der Waals surface area contributed by atoms with Gasteiger partial charge in [-0.15, -0.1) is 0 Å². The topological polar surface area (TPSA) is 122 Å².